The quantitative estimate of drug-likeness (QED) is 0.190. The van der Waals surface area contributed by atoms with E-state index in [0.29, 0.717) is 11.1 Å². The highest BCUT2D eigenvalue weighted by Gasteiger charge is 2.55. The number of ether oxygens (including phenoxy) is 5. The number of hydrogen-bond acceptors (Lipinski definition) is 12. The fourth-order valence-corrected chi connectivity index (χ4v) is 4.52. The second-order valence-corrected chi connectivity index (χ2v) is 8.08. The molecule has 12 heteroatoms. The van der Waals surface area contributed by atoms with Crippen LogP contribution in [0.15, 0.2) is 23.5 Å². The highest BCUT2D eigenvalue weighted by Crippen LogP contribution is 2.49. The van der Waals surface area contributed by atoms with Gasteiger partial charge in [-0.1, -0.05) is 0 Å². The van der Waals surface area contributed by atoms with Gasteiger partial charge >= 0.3 is 17.9 Å². The third kappa shape index (κ3) is 3.99. The first kappa shape index (κ1) is 22.7. The molecular formula is C20H24O12. The molecule has 0 aromatic rings. The van der Waals surface area contributed by atoms with E-state index in [4.69, 9.17) is 23.7 Å². The smallest absolute Gasteiger partial charge is 0.338 e. The average Bonchev–Trinajstić information content (AvgIpc) is 3.26. The molecule has 0 aromatic carbocycles. The third-order valence-corrected chi connectivity index (χ3v) is 6.06. The van der Waals surface area contributed by atoms with Crippen LogP contribution in [0.25, 0.3) is 0 Å². The monoisotopic (exact) mass is 456 g/mol. The maximum Gasteiger partial charge on any atom is 0.338 e. The van der Waals surface area contributed by atoms with Crippen molar-refractivity contribution in [2.45, 2.75) is 56.3 Å². The van der Waals surface area contributed by atoms with E-state index in [9.17, 15) is 34.8 Å². The average molecular weight is 456 g/mol. The lowest BCUT2D eigenvalue weighted by atomic mass is 9.79. The summed E-state index contributed by atoms with van der Waals surface area (Å²) in [5, 5.41) is 39.0. The van der Waals surface area contributed by atoms with Gasteiger partial charge in [0.05, 0.1) is 24.9 Å². The molecule has 3 unspecified atom stereocenters. The maximum atomic E-state index is 12.6. The summed E-state index contributed by atoms with van der Waals surface area (Å²) >= 11 is 0. The summed E-state index contributed by atoms with van der Waals surface area (Å²) in [5.74, 6) is -2.75. The second kappa shape index (κ2) is 8.79. The van der Waals surface area contributed by atoms with Crippen LogP contribution in [0.2, 0.25) is 0 Å². The van der Waals surface area contributed by atoms with Crippen molar-refractivity contribution in [3.8, 4) is 0 Å². The van der Waals surface area contributed by atoms with Crippen molar-refractivity contribution in [2.24, 2.45) is 11.8 Å². The standard InChI is InChI=1S/C20H24O12/c1-7(22)28-5-8-2-11-15-9(19(27)30-11)6-29-10(14(8)15)3-13(23)32-20-18(26)17(25)16(24)12(4-21)31-20/h2,6,10-12,14-18,20-21,24-26H,3-5H2,1H3/t10-,11?,12+,14?,15?,16+,17+,18+,20-/m0/s1. The molecule has 9 atom stereocenters. The Balaban J connectivity index is 1.46. The SMILES string of the molecule is CC(=O)OCC1=CC2OC(=O)C3=CO[C@@H](CC(=O)O[C@@H]4O[C@H](CO)[C@@H](O)[C@@H](O)[C@H]4O)C1C32. The van der Waals surface area contributed by atoms with Crippen LogP contribution >= 0.6 is 0 Å². The molecule has 0 amide bonds. The van der Waals surface area contributed by atoms with E-state index >= 15 is 0 Å². The van der Waals surface area contributed by atoms with Crippen LogP contribution in [0.5, 0.6) is 0 Å². The van der Waals surface area contributed by atoms with Crippen LogP contribution in [0, 0.1) is 11.8 Å². The normalized spacial score (nSPS) is 39.9. The largest absolute Gasteiger partial charge is 0.496 e. The maximum absolute atomic E-state index is 12.6. The highest BCUT2D eigenvalue weighted by atomic mass is 16.7. The van der Waals surface area contributed by atoms with E-state index in [-0.39, 0.29) is 13.0 Å². The van der Waals surface area contributed by atoms with E-state index in [1.807, 2.05) is 0 Å². The van der Waals surface area contributed by atoms with Gasteiger partial charge in [0.25, 0.3) is 0 Å². The Morgan fingerprint density at radius 2 is 1.84 bits per heavy atom. The first-order chi connectivity index (χ1) is 15.2. The van der Waals surface area contributed by atoms with Crippen molar-refractivity contribution in [3.63, 3.8) is 0 Å². The first-order valence-corrected chi connectivity index (χ1v) is 10.1. The number of hydrogen-bond donors (Lipinski definition) is 4. The molecule has 32 heavy (non-hydrogen) atoms. The molecule has 3 heterocycles. The van der Waals surface area contributed by atoms with Gasteiger partial charge in [0.2, 0.25) is 6.29 Å². The number of carbonyl (C=O) groups excluding carboxylic acids is 3. The predicted octanol–water partition coefficient (Wildman–Crippen LogP) is -2.34. The van der Waals surface area contributed by atoms with E-state index < -0.39 is 79.3 Å². The fraction of sp³-hybridized carbons (Fsp3) is 0.650. The molecule has 0 radical (unpaired) electrons. The van der Waals surface area contributed by atoms with Crippen LogP contribution in [-0.4, -0.2) is 94.5 Å². The van der Waals surface area contributed by atoms with E-state index in [0.717, 1.165) is 0 Å². The minimum absolute atomic E-state index is 0.0561. The first-order valence-electron chi connectivity index (χ1n) is 10.1. The second-order valence-electron chi connectivity index (χ2n) is 8.08. The van der Waals surface area contributed by atoms with Gasteiger partial charge in [-0.05, 0) is 11.6 Å². The zero-order chi connectivity index (χ0) is 23.2. The van der Waals surface area contributed by atoms with Crippen LogP contribution < -0.4 is 0 Å². The van der Waals surface area contributed by atoms with Crippen LogP contribution in [0.1, 0.15) is 13.3 Å². The number of aliphatic hydroxyl groups excluding tert-OH is 4. The molecule has 4 rings (SSSR count). The Kier molecular flexibility index (Phi) is 6.23. The van der Waals surface area contributed by atoms with E-state index in [1.165, 1.54) is 13.2 Å². The minimum Gasteiger partial charge on any atom is -0.496 e. The van der Waals surface area contributed by atoms with Crippen molar-refractivity contribution in [2.75, 3.05) is 13.2 Å². The summed E-state index contributed by atoms with van der Waals surface area (Å²) in [6, 6.07) is 0. The van der Waals surface area contributed by atoms with Gasteiger partial charge in [0.1, 0.15) is 43.2 Å². The Labute approximate surface area is 181 Å². The zero-order valence-corrected chi connectivity index (χ0v) is 17.0. The van der Waals surface area contributed by atoms with Crippen LogP contribution in [-0.2, 0) is 38.1 Å². The van der Waals surface area contributed by atoms with Crippen molar-refractivity contribution in [1.82, 2.24) is 0 Å². The molecule has 2 saturated heterocycles. The predicted molar refractivity (Wildman–Crippen MR) is 99.0 cm³/mol. The van der Waals surface area contributed by atoms with Gasteiger partial charge in [-0.2, -0.15) is 0 Å². The van der Waals surface area contributed by atoms with Gasteiger partial charge < -0.3 is 44.1 Å². The van der Waals surface area contributed by atoms with Gasteiger partial charge in [-0.3, -0.25) is 9.59 Å². The fourth-order valence-electron chi connectivity index (χ4n) is 4.52. The molecule has 0 spiro atoms. The molecule has 0 bridgehead atoms. The number of esters is 3. The Morgan fingerprint density at radius 3 is 2.53 bits per heavy atom. The number of aliphatic hydroxyl groups is 4. The number of carbonyl (C=O) groups is 3. The van der Waals surface area contributed by atoms with Crippen molar-refractivity contribution in [3.05, 3.63) is 23.5 Å². The van der Waals surface area contributed by atoms with E-state index in [2.05, 4.69) is 0 Å². The molecule has 1 aliphatic carbocycles. The van der Waals surface area contributed by atoms with Crippen LogP contribution in [0.3, 0.4) is 0 Å². The Bertz CT molecular complexity index is 848. The molecule has 4 N–H and O–H groups in total. The zero-order valence-electron chi connectivity index (χ0n) is 17.0. The molecule has 0 aromatic heterocycles. The van der Waals surface area contributed by atoms with Crippen molar-refractivity contribution < 1.29 is 58.5 Å². The summed E-state index contributed by atoms with van der Waals surface area (Å²) in [5.41, 5.74) is 0.964. The highest BCUT2D eigenvalue weighted by molar-refractivity contribution is 5.92. The summed E-state index contributed by atoms with van der Waals surface area (Å²) in [4.78, 5) is 35.9. The molecule has 0 saturated carbocycles. The summed E-state index contributed by atoms with van der Waals surface area (Å²) in [6.45, 7) is 0.537. The van der Waals surface area contributed by atoms with Crippen molar-refractivity contribution >= 4 is 17.9 Å². The van der Waals surface area contributed by atoms with Crippen molar-refractivity contribution in [1.29, 1.82) is 0 Å². The third-order valence-electron chi connectivity index (χ3n) is 6.06. The topological polar surface area (TPSA) is 178 Å². The lowest BCUT2D eigenvalue weighted by Gasteiger charge is -2.39. The number of rotatable bonds is 6. The molecule has 12 nitrogen and oxygen atoms in total. The Hall–Kier alpha value is -2.51. The van der Waals surface area contributed by atoms with Gasteiger partial charge in [-0.15, -0.1) is 0 Å². The molecule has 176 valence electrons. The molecule has 3 aliphatic heterocycles. The molecule has 4 aliphatic rings. The lowest BCUT2D eigenvalue weighted by Crippen LogP contribution is -2.59. The minimum atomic E-state index is -1.73. The van der Waals surface area contributed by atoms with Gasteiger partial charge in [-0.25, -0.2) is 4.79 Å². The lowest BCUT2D eigenvalue weighted by molar-refractivity contribution is -0.293. The summed E-state index contributed by atoms with van der Waals surface area (Å²) in [6.07, 6.45) is -6.58. The summed E-state index contributed by atoms with van der Waals surface area (Å²) < 4.78 is 26.3. The van der Waals surface area contributed by atoms with Gasteiger partial charge in [0.15, 0.2) is 0 Å². The van der Waals surface area contributed by atoms with E-state index in [1.54, 1.807) is 6.08 Å². The van der Waals surface area contributed by atoms with Gasteiger partial charge in [0, 0.05) is 18.8 Å². The summed E-state index contributed by atoms with van der Waals surface area (Å²) in [7, 11) is 0. The van der Waals surface area contributed by atoms with Crippen LogP contribution in [0.4, 0.5) is 0 Å². The molecule has 2 fully saturated rings. The molecular weight excluding hydrogens is 432 g/mol. The Morgan fingerprint density at radius 1 is 1.09 bits per heavy atom.